The molecule has 5 aliphatic rings. The number of nitrogens with one attached hydrogen (secondary N) is 3. The summed E-state index contributed by atoms with van der Waals surface area (Å²) in [5.74, 6) is 3.00. The Labute approximate surface area is 181 Å². The van der Waals surface area contributed by atoms with Gasteiger partial charge in [0.1, 0.15) is 6.04 Å². The number of hydrogen-bond donors (Lipinski definition) is 3. The number of hydrogen-bond acceptors (Lipinski definition) is 8. The minimum Gasteiger partial charge on any atom is -0.338 e. The number of carbonyl (C=O) groups excluding carboxylic acids is 1. The van der Waals surface area contributed by atoms with Gasteiger partial charge in [-0.1, -0.05) is 6.08 Å². The van der Waals surface area contributed by atoms with Crippen LogP contribution in [-0.4, -0.2) is 88.0 Å². The van der Waals surface area contributed by atoms with Gasteiger partial charge in [-0.3, -0.25) is 14.9 Å². The Balaban J connectivity index is 1.24. The Kier molecular flexibility index (Phi) is 4.66. The first-order chi connectivity index (χ1) is 15.3. The van der Waals surface area contributed by atoms with Crippen molar-refractivity contribution < 1.29 is 4.79 Å². The van der Waals surface area contributed by atoms with E-state index in [1.54, 1.807) is 0 Å². The third-order valence-corrected chi connectivity index (χ3v) is 6.71. The molecule has 0 unspecified atom stereocenters. The zero-order chi connectivity index (χ0) is 20.8. The molecule has 1 amide bonds. The van der Waals surface area contributed by atoms with Gasteiger partial charge in [0.25, 0.3) is 0 Å². The van der Waals surface area contributed by atoms with E-state index in [9.17, 15) is 4.79 Å². The highest BCUT2D eigenvalue weighted by atomic mass is 16.2. The standard InChI is InChI=1S/C21H29N9O/c31-20(28-11-7-22-8-12-28)17-4-1-9-29(17)21-24-19(16-3-2-10-30(16)27-21)23-18-13-15(25-26-18)14-5-6-14/h3,13-14,17,22H,1-2,4-12H2,(H2,23,24,25,26,27)/t17-/m0/s1. The molecule has 3 fully saturated rings. The van der Waals surface area contributed by atoms with Crippen molar-refractivity contribution in [2.45, 2.75) is 44.1 Å². The average Bonchev–Trinajstić information content (AvgIpc) is 3.20. The van der Waals surface area contributed by atoms with Gasteiger partial charge in [0.2, 0.25) is 11.9 Å². The second-order valence-electron chi connectivity index (χ2n) is 8.90. The van der Waals surface area contributed by atoms with Gasteiger partial charge in [0, 0.05) is 56.9 Å². The first-order valence-electron chi connectivity index (χ1n) is 11.5. The number of amides is 1. The quantitative estimate of drug-likeness (QED) is 0.666. The molecule has 0 spiro atoms. The van der Waals surface area contributed by atoms with Crippen molar-refractivity contribution in [3.63, 3.8) is 0 Å². The smallest absolute Gasteiger partial charge is 0.245 e. The number of aromatic nitrogens is 2. The topological polar surface area (TPSA) is 104 Å². The molecule has 0 bridgehead atoms. The molecule has 2 saturated heterocycles. The van der Waals surface area contributed by atoms with Crippen molar-refractivity contribution in [1.29, 1.82) is 0 Å². The molecule has 6 rings (SSSR count). The average molecular weight is 424 g/mol. The van der Waals surface area contributed by atoms with E-state index < -0.39 is 0 Å². The number of aliphatic imine (C=N–C) groups is 1. The predicted octanol–water partition coefficient (Wildman–Crippen LogP) is 0.868. The summed E-state index contributed by atoms with van der Waals surface area (Å²) < 4.78 is 0. The Bertz CT molecular complexity index is 954. The molecule has 1 aromatic rings. The summed E-state index contributed by atoms with van der Waals surface area (Å²) in [6.07, 6.45) is 7.39. The number of guanidine groups is 1. The molecule has 10 nitrogen and oxygen atoms in total. The lowest BCUT2D eigenvalue weighted by atomic mass is 10.2. The molecule has 1 aromatic heterocycles. The molecule has 1 aliphatic carbocycles. The van der Waals surface area contributed by atoms with Gasteiger partial charge in [0.05, 0.1) is 5.70 Å². The number of likely N-dealkylation sites (tertiary alicyclic amines) is 1. The normalized spacial score (nSPS) is 25.9. The molecular weight excluding hydrogens is 394 g/mol. The number of piperazine rings is 1. The minimum absolute atomic E-state index is 0.179. The van der Waals surface area contributed by atoms with E-state index in [4.69, 9.17) is 10.1 Å². The summed E-state index contributed by atoms with van der Waals surface area (Å²) in [4.78, 5) is 22.2. The Morgan fingerprint density at radius 2 is 2.00 bits per heavy atom. The molecule has 164 valence electrons. The number of hydrazone groups is 1. The predicted molar refractivity (Wildman–Crippen MR) is 118 cm³/mol. The molecular formula is C21H29N9O. The van der Waals surface area contributed by atoms with Crippen LogP contribution in [0.25, 0.3) is 0 Å². The zero-order valence-electron chi connectivity index (χ0n) is 17.7. The summed E-state index contributed by atoms with van der Waals surface area (Å²) in [5, 5.41) is 21.1. The summed E-state index contributed by atoms with van der Waals surface area (Å²) in [7, 11) is 0. The SMILES string of the molecule is O=C([C@@H]1CCCN1C1=NN2CCC=C2C(Nc2cc(C3CC3)[nH]n2)=N1)N1CCNCC1. The van der Waals surface area contributed by atoms with E-state index in [1.165, 1.54) is 18.5 Å². The second kappa shape index (κ2) is 7.67. The minimum atomic E-state index is -0.179. The number of aromatic amines is 1. The molecule has 3 N–H and O–H groups in total. The van der Waals surface area contributed by atoms with E-state index in [0.29, 0.717) is 11.9 Å². The van der Waals surface area contributed by atoms with E-state index in [1.807, 2.05) is 9.91 Å². The lowest BCUT2D eigenvalue weighted by Crippen LogP contribution is -2.53. The maximum atomic E-state index is 13.2. The first kappa shape index (κ1) is 18.9. The fourth-order valence-electron chi connectivity index (χ4n) is 4.86. The number of H-pyrrole nitrogens is 1. The molecule has 4 aliphatic heterocycles. The van der Waals surface area contributed by atoms with Crippen LogP contribution in [0.3, 0.4) is 0 Å². The van der Waals surface area contributed by atoms with Gasteiger partial charge in [-0.15, -0.1) is 5.10 Å². The summed E-state index contributed by atoms with van der Waals surface area (Å²) in [5.41, 5.74) is 2.18. The number of fused-ring (bicyclic) bond motifs is 1. The lowest BCUT2D eigenvalue weighted by Gasteiger charge is -2.34. The van der Waals surface area contributed by atoms with Gasteiger partial charge in [-0.2, -0.15) is 10.1 Å². The first-order valence-corrected chi connectivity index (χ1v) is 11.5. The van der Waals surface area contributed by atoms with Crippen LogP contribution in [0.1, 0.15) is 43.7 Å². The lowest BCUT2D eigenvalue weighted by molar-refractivity contribution is -0.135. The summed E-state index contributed by atoms with van der Waals surface area (Å²) in [6, 6.07) is 1.90. The third kappa shape index (κ3) is 3.58. The van der Waals surface area contributed by atoms with Crippen molar-refractivity contribution >= 4 is 23.5 Å². The largest absolute Gasteiger partial charge is 0.338 e. The second-order valence-corrected chi connectivity index (χ2v) is 8.90. The van der Waals surface area contributed by atoms with Gasteiger partial charge >= 0.3 is 0 Å². The zero-order valence-corrected chi connectivity index (χ0v) is 17.7. The van der Waals surface area contributed by atoms with Crippen molar-refractivity contribution in [3.05, 3.63) is 23.5 Å². The highest BCUT2D eigenvalue weighted by Gasteiger charge is 2.38. The summed E-state index contributed by atoms with van der Waals surface area (Å²) >= 11 is 0. The highest BCUT2D eigenvalue weighted by molar-refractivity contribution is 6.14. The van der Waals surface area contributed by atoms with Gasteiger partial charge in [-0.25, -0.2) is 0 Å². The van der Waals surface area contributed by atoms with Crippen LogP contribution in [0.4, 0.5) is 5.82 Å². The maximum Gasteiger partial charge on any atom is 0.245 e. The number of nitrogens with zero attached hydrogens (tertiary/aromatic N) is 6. The Morgan fingerprint density at radius 1 is 1.13 bits per heavy atom. The van der Waals surface area contributed by atoms with Gasteiger partial charge in [0.15, 0.2) is 11.7 Å². The van der Waals surface area contributed by atoms with Crippen LogP contribution >= 0.6 is 0 Å². The Hall–Kier alpha value is -2.88. The Morgan fingerprint density at radius 3 is 2.84 bits per heavy atom. The van der Waals surface area contributed by atoms with Crippen molar-refractivity contribution in [3.8, 4) is 0 Å². The fraction of sp³-hybridized carbons (Fsp3) is 0.619. The van der Waals surface area contributed by atoms with Crippen LogP contribution in [0.15, 0.2) is 27.9 Å². The van der Waals surface area contributed by atoms with Crippen molar-refractivity contribution in [1.82, 2.24) is 30.3 Å². The van der Waals surface area contributed by atoms with Gasteiger partial charge in [-0.05, 0) is 32.1 Å². The van der Waals surface area contributed by atoms with Crippen LogP contribution < -0.4 is 10.6 Å². The maximum absolute atomic E-state index is 13.2. The summed E-state index contributed by atoms with van der Waals surface area (Å²) in [6.45, 7) is 4.90. The monoisotopic (exact) mass is 423 g/mol. The third-order valence-electron chi connectivity index (χ3n) is 6.71. The molecule has 0 radical (unpaired) electrons. The highest BCUT2D eigenvalue weighted by Crippen LogP contribution is 2.39. The molecule has 1 atom stereocenters. The van der Waals surface area contributed by atoms with Crippen LogP contribution in [0.5, 0.6) is 0 Å². The van der Waals surface area contributed by atoms with Crippen LogP contribution in [-0.2, 0) is 4.79 Å². The molecule has 0 aromatic carbocycles. The number of carbonyl (C=O) groups is 1. The molecule has 1 saturated carbocycles. The van der Waals surface area contributed by atoms with Gasteiger partial charge < -0.3 is 20.4 Å². The van der Waals surface area contributed by atoms with Crippen molar-refractivity contribution in [2.75, 3.05) is 44.6 Å². The number of rotatable bonds is 3. The molecule has 10 heteroatoms. The fourth-order valence-corrected chi connectivity index (χ4v) is 4.86. The molecule has 5 heterocycles. The van der Waals surface area contributed by atoms with Crippen molar-refractivity contribution in [2.24, 2.45) is 10.1 Å². The van der Waals surface area contributed by atoms with E-state index in [-0.39, 0.29) is 11.9 Å². The van der Waals surface area contributed by atoms with Crippen LogP contribution in [0.2, 0.25) is 0 Å². The molecule has 31 heavy (non-hydrogen) atoms. The number of amidine groups is 1. The van der Waals surface area contributed by atoms with E-state index >= 15 is 0 Å². The van der Waals surface area contributed by atoms with E-state index in [2.05, 4.69) is 37.9 Å². The van der Waals surface area contributed by atoms with E-state index in [0.717, 1.165) is 75.9 Å². The van der Waals surface area contributed by atoms with Crippen LogP contribution in [0, 0.1) is 0 Å². The number of anilines is 1.